The highest BCUT2D eigenvalue weighted by atomic mass is 16.5. The van der Waals surface area contributed by atoms with Crippen molar-refractivity contribution >= 4 is 0 Å². The zero-order valence-corrected chi connectivity index (χ0v) is 16.2. The summed E-state index contributed by atoms with van der Waals surface area (Å²) < 4.78 is 6.67. The number of aliphatic hydroxyl groups is 1. The van der Waals surface area contributed by atoms with Gasteiger partial charge in [0.05, 0.1) is 6.10 Å². The second-order valence-electron chi connectivity index (χ2n) is 7.00. The minimum absolute atomic E-state index is 0.367. The summed E-state index contributed by atoms with van der Waals surface area (Å²) in [7, 11) is 0. The maximum absolute atomic E-state index is 9.99. The summed E-state index contributed by atoms with van der Waals surface area (Å²) in [6.07, 6.45) is 1.72. The fraction of sp³-hybridized carbons (Fsp3) is 0.280. The molecule has 0 spiro atoms. The summed E-state index contributed by atoms with van der Waals surface area (Å²) in [4.78, 5) is 0. The molecular formula is C25H29NO2. The summed E-state index contributed by atoms with van der Waals surface area (Å²) in [5.41, 5.74) is 8.13. The molecule has 0 bridgehead atoms. The molecule has 1 atom stereocenters. The van der Waals surface area contributed by atoms with Crippen LogP contribution in [0.2, 0.25) is 0 Å². The summed E-state index contributed by atoms with van der Waals surface area (Å²) in [5, 5.41) is 9.99. The van der Waals surface area contributed by atoms with Crippen molar-refractivity contribution in [3.8, 4) is 0 Å². The Hall–Kier alpha value is -2.46. The molecule has 0 radical (unpaired) electrons. The second-order valence-corrected chi connectivity index (χ2v) is 7.00. The molecule has 0 aliphatic heterocycles. The van der Waals surface area contributed by atoms with E-state index < -0.39 is 5.60 Å². The van der Waals surface area contributed by atoms with Gasteiger partial charge in [0.1, 0.15) is 5.60 Å². The molecule has 146 valence electrons. The van der Waals surface area contributed by atoms with E-state index in [0.29, 0.717) is 26.0 Å². The van der Waals surface area contributed by atoms with Gasteiger partial charge < -0.3 is 15.6 Å². The van der Waals surface area contributed by atoms with Crippen LogP contribution in [0.5, 0.6) is 0 Å². The van der Waals surface area contributed by atoms with Gasteiger partial charge in [-0.25, -0.2) is 0 Å². The maximum atomic E-state index is 9.99. The van der Waals surface area contributed by atoms with Crippen LogP contribution in [-0.2, 0) is 10.3 Å². The highest BCUT2D eigenvalue weighted by molar-refractivity contribution is 5.47. The average Bonchev–Trinajstić information content (AvgIpc) is 2.76. The topological polar surface area (TPSA) is 55.5 Å². The zero-order chi connectivity index (χ0) is 19.7. The number of hydrogen-bond acceptors (Lipinski definition) is 3. The highest BCUT2D eigenvalue weighted by Crippen LogP contribution is 2.40. The Morgan fingerprint density at radius 1 is 0.714 bits per heavy atom. The minimum Gasteiger partial charge on any atom is -0.393 e. The van der Waals surface area contributed by atoms with Crippen LogP contribution in [0.25, 0.3) is 0 Å². The molecule has 3 N–H and O–H groups in total. The monoisotopic (exact) mass is 375 g/mol. The third-order valence-corrected chi connectivity index (χ3v) is 5.04. The molecule has 0 unspecified atom stereocenters. The molecule has 0 aromatic heterocycles. The van der Waals surface area contributed by atoms with Crippen molar-refractivity contribution in [2.75, 3.05) is 13.2 Å². The highest BCUT2D eigenvalue weighted by Gasteiger charge is 2.37. The van der Waals surface area contributed by atoms with E-state index in [-0.39, 0.29) is 6.10 Å². The Morgan fingerprint density at radius 3 is 1.54 bits per heavy atom. The van der Waals surface area contributed by atoms with Gasteiger partial charge in [-0.05, 0) is 42.5 Å². The van der Waals surface area contributed by atoms with Crippen molar-refractivity contribution in [2.45, 2.75) is 31.0 Å². The Labute approximate surface area is 167 Å². The first kappa shape index (κ1) is 20.3. The summed E-state index contributed by atoms with van der Waals surface area (Å²) in [5.74, 6) is 0. The molecule has 3 aromatic carbocycles. The quantitative estimate of drug-likeness (QED) is 0.406. The normalized spacial score (nSPS) is 12.6. The molecule has 28 heavy (non-hydrogen) atoms. The Balaban J connectivity index is 1.97. The van der Waals surface area contributed by atoms with Crippen molar-refractivity contribution in [3.63, 3.8) is 0 Å². The van der Waals surface area contributed by atoms with Crippen LogP contribution < -0.4 is 5.73 Å². The van der Waals surface area contributed by atoms with Gasteiger partial charge in [0, 0.05) is 6.61 Å². The number of aliphatic hydroxyl groups excluding tert-OH is 1. The largest absolute Gasteiger partial charge is 0.393 e. The van der Waals surface area contributed by atoms with E-state index in [1.807, 2.05) is 54.6 Å². The van der Waals surface area contributed by atoms with Crippen LogP contribution in [0.3, 0.4) is 0 Å². The first-order valence-corrected chi connectivity index (χ1v) is 9.96. The lowest BCUT2D eigenvalue weighted by Gasteiger charge is -2.36. The molecule has 0 saturated heterocycles. The van der Waals surface area contributed by atoms with E-state index in [4.69, 9.17) is 10.5 Å². The molecule has 0 aliphatic carbocycles. The number of ether oxygens (including phenoxy) is 1. The SMILES string of the molecule is NCC[C@H](O)CCCOC(c1ccccc1)(c1ccccc1)c1ccccc1. The Kier molecular flexibility index (Phi) is 7.38. The molecule has 3 nitrogen and oxygen atoms in total. The van der Waals surface area contributed by atoms with Crippen LogP contribution in [0.15, 0.2) is 91.0 Å². The van der Waals surface area contributed by atoms with Gasteiger partial charge in [0.2, 0.25) is 0 Å². The van der Waals surface area contributed by atoms with Crippen molar-refractivity contribution in [1.29, 1.82) is 0 Å². The van der Waals surface area contributed by atoms with Gasteiger partial charge in [-0.2, -0.15) is 0 Å². The standard InChI is InChI=1S/C25H29NO2/c26-19-18-24(27)17-10-20-28-25(21-11-4-1-5-12-21,22-13-6-2-7-14-22)23-15-8-3-9-16-23/h1-9,11-16,24,27H,10,17-20,26H2/t24-/m1/s1. The average molecular weight is 376 g/mol. The van der Waals surface area contributed by atoms with Gasteiger partial charge in [0.25, 0.3) is 0 Å². The fourth-order valence-electron chi connectivity index (χ4n) is 3.65. The van der Waals surface area contributed by atoms with Crippen LogP contribution >= 0.6 is 0 Å². The van der Waals surface area contributed by atoms with Gasteiger partial charge in [-0.15, -0.1) is 0 Å². The molecule has 0 heterocycles. The Bertz CT molecular complexity index is 709. The summed E-state index contributed by atoms with van der Waals surface area (Å²) in [6.45, 7) is 1.05. The van der Waals surface area contributed by atoms with E-state index >= 15 is 0 Å². The van der Waals surface area contributed by atoms with E-state index in [2.05, 4.69) is 36.4 Å². The maximum Gasteiger partial charge on any atom is 0.143 e. The van der Waals surface area contributed by atoms with Crippen LogP contribution in [0, 0.1) is 0 Å². The van der Waals surface area contributed by atoms with Gasteiger partial charge >= 0.3 is 0 Å². The fourth-order valence-corrected chi connectivity index (χ4v) is 3.65. The summed E-state index contributed by atoms with van der Waals surface area (Å²) in [6, 6.07) is 31.0. The van der Waals surface area contributed by atoms with E-state index in [9.17, 15) is 5.11 Å². The molecule has 3 rings (SSSR count). The van der Waals surface area contributed by atoms with Crippen LogP contribution in [0.1, 0.15) is 36.0 Å². The second kappa shape index (κ2) is 10.2. The minimum atomic E-state index is -0.692. The van der Waals surface area contributed by atoms with Gasteiger partial charge in [-0.1, -0.05) is 91.0 Å². The lowest BCUT2D eigenvalue weighted by molar-refractivity contribution is 0.00574. The molecule has 3 aromatic rings. The lowest BCUT2D eigenvalue weighted by Crippen LogP contribution is -2.33. The molecule has 0 saturated carbocycles. The van der Waals surface area contributed by atoms with Crippen molar-refractivity contribution in [3.05, 3.63) is 108 Å². The van der Waals surface area contributed by atoms with Crippen molar-refractivity contribution in [1.82, 2.24) is 0 Å². The summed E-state index contributed by atoms with van der Waals surface area (Å²) >= 11 is 0. The van der Waals surface area contributed by atoms with Gasteiger partial charge in [-0.3, -0.25) is 0 Å². The third kappa shape index (κ3) is 4.68. The first-order valence-electron chi connectivity index (χ1n) is 9.96. The van der Waals surface area contributed by atoms with E-state index in [1.165, 1.54) is 0 Å². The molecule has 3 heteroatoms. The number of rotatable bonds is 10. The van der Waals surface area contributed by atoms with Crippen molar-refractivity contribution < 1.29 is 9.84 Å². The first-order chi connectivity index (χ1) is 13.8. The van der Waals surface area contributed by atoms with E-state index in [1.54, 1.807) is 0 Å². The third-order valence-electron chi connectivity index (χ3n) is 5.04. The zero-order valence-electron chi connectivity index (χ0n) is 16.2. The van der Waals surface area contributed by atoms with E-state index in [0.717, 1.165) is 23.1 Å². The van der Waals surface area contributed by atoms with Crippen LogP contribution in [-0.4, -0.2) is 24.4 Å². The molecular weight excluding hydrogens is 346 g/mol. The molecule has 0 aliphatic rings. The predicted octanol–water partition coefficient (Wildman–Crippen LogP) is 4.49. The predicted molar refractivity (Wildman–Crippen MR) is 114 cm³/mol. The van der Waals surface area contributed by atoms with Crippen molar-refractivity contribution in [2.24, 2.45) is 5.73 Å². The smallest absolute Gasteiger partial charge is 0.143 e. The lowest BCUT2D eigenvalue weighted by atomic mass is 9.80. The molecule has 0 fully saturated rings. The Morgan fingerprint density at radius 2 is 1.14 bits per heavy atom. The number of benzene rings is 3. The number of hydrogen-bond donors (Lipinski definition) is 2. The number of nitrogens with two attached hydrogens (primary N) is 1. The molecule has 0 amide bonds. The van der Waals surface area contributed by atoms with Gasteiger partial charge in [0.15, 0.2) is 0 Å². The van der Waals surface area contributed by atoms with Crippen LogP contribution in [0.4, 0.5) is 0 Å².